The molecule has 0 saturated heterocycles. The molecule has 1 rings (SSSR count). The minimum absolute atomic E-state index is 0.0405. The molecule has 0 aliphatic rings. The third kappa shape index (κ3) is 4.50. The van der Waals surface area contributed by atoms with Crippen molar-refractivity contribution in [2.45, 2.75) is 18.2 Å². The molecule has 0 aliphatic heterocycles. The Morgan fingerprint density at radius 3 is 2.82 bits per heavy atom. The van der Waals surface area contributed by atoms with Crippen LogP contribution < -0.4 is 0 Å². The van der Waals surface area contributed by atoms with Crippen LogP contribution in [-0.4, -0.2) is 24.0 Å². The zero-order valence-corrected chi connectivity index (χ0v) is 10.9. The van der Waals surface area contributed by atoms with Crippen LogP contribution in [0.25, 0.3) is 0 Å². The average molecular weight is 278 g/mol. The third-order valence-corrected chi connectivity index (χ3v) is 2.90. The SMILES string of the molecule is COCC(Cl)CCc1ccc(Cl)cc1[N+](=O)[O-]. The number of hydrogen-bond acceptors (Lipinski definition) is 3. The Morgan fingerprint density at radius 1 is 1.53 bits per heavy atom. The minimum Gasteiger partial charge on any atom is -0.383 e. The van der Waals surface area contributed by atoms with Crippen LogP contribution in [-0.2, 0) is 11.2 Å². The molecule has 0 N–H and O–H groups in total. The van der Waals surface area contributed by atoms with Crippen molar-refractivity contribution < 1.29 is 9.66 Å². The van der Waals surface area contributed by atoms with Crippen molar-refractivity contribution >= 4 is 28.9 Å². The minimum atomic E-state index is -0.430. The van der Waals surface area contributed by atoms with E-state index in [1.807, 2.05) is 0 Å². The van der Waals surface area contributed by atoms with Crippen LogP contribution in [0.2, 0.25) is 5.02 Å². The van der Waals surface area contributed by atoms with Crippen LogP contribution in [0.4, 0.5) is 5.69 Å². The van der Waals surface area contributed by atoms with Crippen molar-refractivity contribution in [1.29, 1.82) is 0 Å². The van der Waals surface area contributed by atoms with Crippen LogP contribution in [0.1, 0.15) is 12.0 Å². The number of nitro benzene ring substituents is 1. The summed E-state index contributed by atoms with van der Waals surface area (Å²) in [5, 5.41) is 11.1. The van der Waals surface area contributed by atoms with Gasteiger partial charge in [0.05, 0.1) is 16.9 Å². The normalized spacial score (nSPS) is 12.4. The molecule has 17 heavy (non-hydrogen) atoms. The number of rotatable bonds is 6. The first kappa shape index (κ1) is 14.2. The molecule has 1 aromatic carbocycles. The average Bonchev–Trinajstić information content (AvgIpc) is 2.27. The molecule has 0 radical (unpaired) electrons. The van der Waals surface area contributed by atoms with E-state index in [0.29, 0.717) is 30.0 Å². The monoisotopic (exact) mass is 277 g/mol. The first-order valence-corrected chi connectivity index (χ1v) is 5.92. The second-order valence-electron chi connectivity index (χ2n) is 3.62. The summed E-state index contributed by atoms with van der Waals surface area (Å²) in [6.45, 7) is 0.433. The fourth-order valence-corrected chi connectivity index (χ4v) is 1.90. The van der Waals surface area contributed by atoms with E-state index in [1.165, 1.54) is 6.07 Å². The molecular formula is C11H13Cl2NO3. The van der Waals surface area contributed by atoms with Gasteiger partial charge in [-0.3, -0.25) is 10.1 Å². The van der Waals surface area contributed by atoms with Crippen LogP contribution in [0.3, 0.4) is 0 Å². The van der Waals surface area contributed by atoms with E-state index >= 15 is 0 Å². The molecule has 0 spiro atoms. The number of benzene rings is 1. The summed E-state index contributed by atoms with van der Waals surface area (Å²) in [4.78, 5) is 10.4. The molecule has 1 aromatic rings. The number of halogens is 2. The van der Waals surface area contributed by atoms with Gasteiger partial charge in [0, 0.05) is 23.8 Å². The lowest BCUT2D eigenvalue weighted by molar-refractivity contribution is -0.385. The number of nitro groups is 1. The molecule has 0 fully saturated rings. The second-order valence-corrected chi connectivity index (χ2v) is 4.68. The topological polar surface area (TPSA) is 52.4 Å². The van der Waals surface area contributed by atoms with Gasteiger partial charge in [0.25, 0.3) is 5.69 Å². The molecule has 0 heterocycles. The highest BCUT2D eigenvalue weighted by Gasteiger charge is 2.15. The van der Waals surface area contributed by atoms with Crippen molar-refractivity contribution in [3.8, 4) is 0 Å². The van der Waals surface area contributed by atoms with Crippen molar-refractivity contribution in [1.82, 2.24) is 0 Å². The van der Waals surface area contributed by atoms with Gasteiger partial charge in [-0.15, -0.1) is 11.6 Å². The number of nitrogens with zero attached hydrogens (tertiary/aromatic N) is 1. The van der Waals surface area contributed by atoms with E-state index in [2.05, 4.69) is 0 Å². The summed E-state index contributed by atoms with van der Waals surface area (Å²) in [6, 6.07) is 4.66. The number of methoxy groups -OCH3 is 1. The lowest BCUT2D eigenvalue weighted by Crippen LogP contribution is -2.09. The molecular weight excluding hydrogens is 265 g/mol. The maximum atomic E-state index is 10.8. The van der Waals surface area contributed by atoms with Crippen LogP contribution in [0.15, 0.2) is 18.2 Å². The molecule has 0 saturated carbocycles. The van der Waals surface area contributed by atoms with Crippen molar-refractivity contribution in [3.05, 3.63) is 38.9 Å². The van der Waals surface area contributed by atoms with Gasteiger partial charge in [-0.1, -0.05) is 17.7 Å². The molecule has 6 heteroatoms. The Morgan fingerprint density at radius 2 is 2.24 bits per heavy atom. The quantitative estimate of drug-likeness (QED) is 0.455. The van der Waals surface area contributed by atoms with Gasteiger partial charge in [-0.05, 0) is 18.9 Å². The molecule has 0 amide bonds. The zero-order valence-electron chi connectivity index (χ0n) is 9.36. The van der Waals surface area contributed by atoms with Crippen molar-refractivity contribution in [3.63, 3.8) is 0 Å². The van der Waals surface area contributed by atoms with Gasteiger partial charge in [-0.25, -0.2) is 0 Å². The Labute approximate surface area is 110 Å². The molecule has 94 valence electrons. The van der Waals surface area contributed by atoms with Gasteiger partial charge in [0.15, 0.2) is 0 Å². The van der Waals surface area contributed by atoms with E-state index in [0.717, 1.165) is 0 Å². The highest BCUT2D eigenvalue weighted by atomic mass is 35.5. The lowest BCUT2D eigenvalue weighted by atomic mass is 10.1. The van der Waals surface area contributed by atoms with Crippen LogP contribution >= 0.6 is 23.2 Å². The maximum Gasteiger partial charge on any atom is 0.274 e. The Kier molecular flexibility index (Phi) is 5.68. The predicted molar refractivity (Wildman–Crippen MR) is 67.9 cm³/mol. The van der Waals surface area contributed by atoms with Gasteiger partial charge in [0.1, 0.15) is 0 Å². The second kappa shape index (κ2) is 6.79. The number of ether oxygens (including phenoxy) is 1. The Balaban J connectivity index is 2.73. The largest absolute Gasteiger partial charge is 0.383 e. The summed E-state index contributed by atoms with van der Waals surface area (Å²) in [7, 11) is 1.57. The smallest absolute Gasteiger partial charge is 0.274 e. The van der Waals surface area contributed by atoms with Crippen molar-refractivity contribution in [2.24, 2.45) is 0 Å². The van der Waals surface area contributed by atoms with Gasteiger partial charge < -0.3 is 4.74 Å². The first-order chi connectivity index (χ1) is 8.04. The first-order valence-electron chi connectivity index (χ1n) is 5.10. The molecule has 0 aromatic heterocycles. The van der Waals surface area contributed by atoms with Gasteiger partial charge in [-0.2, -0.15) is 0 Å². The van der Waals surface area contributed by atoms with E-state index in [1.54, 1.807) is 19.2 Å². The zero-order chi connectivity index (χ0) is 12.8. The van der Waals surface area contributed by atoms with E-state index in [4.69, 9.17) is 27.9 Å². The summed E-state index contributed by atoms with van der Waals surface area (Å²) in [5.41, 5.74) is 0.680. The van der Waals surface area contributed by atoms with Crippen LogP contribution in [0, 0.1) is 10.1 Å². The van der Waals surface area contributed by atoms with E-state index in [9.17, 15) is 10.1 Å². The number of alkyl halides is 1. The third-order valence-electron chi connectivity index (χ3n) is 2.32. The molecule has 1 atom stereocenters. The highest BCUT2D eigenvalue weighted by Crippen LogP contribution is 2.25. The Hall–Kier alpha value is -0.840. The fourth-order valence-electron chi connectivity index (χ4n) is 1.49. The van der Waals surface area contributed by atoms with Crippen LogP contribution in [0.5, 0.6) is 0 Å². The number of aryl methyl sites for hydroxylation is 1. The Bertz CT molecular complexity index is 398. The molecule has 0 bridgehead atoms. The summed E-state index contributed by atoms with van der Waals surface area (Å²) < 4.78 is 4.90. The fraction of sp³-hybridized carbons (Fsp3) is 0.455. The van der Waals surface area contributed by atoms with Crippen molar-refractivity contribution in [2.75, 3.05) is 13.7 Å². The molecule has 4 nitrogen and oxygen atoms in total. The summed E-state index contributed by atoms with van der Waals surface area (Å²) >= 11 is 11.7. The maximum absolute atomic E-state index is 10.8. The standard InChI is InChI=1S/C11H13Cl2NO3/c1-17-7-10(13)5-3-8-2-4-9(12)6-11(8)14(15)16/h2,4,6,10H,3,5,7H2,1H3. The summed E-state index contributed by atoms with van der Waals surface area (Å²) in [5.74, 6) is 0. The van der Waals surface area contributed by atoms with E-state index in [-0.39, 0.29) is 11.1 Å². The lowest BCUT2D eigenvalue weighted by Gasteiger charge is -2.08. The predicted octanol–water partition coefficient (Wildman–Crippen LogP) is 3.43. The number of hydrogen-bond donors (Lipinski definition) is 0. The molecule has 1 unspecified atom stereocenters. The van der Waals surface area contributed by atoms with Gasteiger partial charge >= 0.3 is 0 Å². The highest BCUT2D eigenvalue weighted by molar-refractivity contribution is 6.30. The molecule has 0 aliphatic carbocycles. The van der Waals surface area contributed by atoms with Gasteiger partial charge in [0.2, 0.25) is 0 Å². The summed E-state index contributed by atoms with van der Waals surface area (Å²) in [6.07, 6.45) is 1.16. The van der Waals surface area contributed by atoms with E-state index < -0.39 is 4.92 Å².